The third kappa shape index (κ3) is 3.76. The Labute approximate surface area is 156 Å². The van der Waals surface area contributed by atoms with Crippen LogP contribution in [-0.4, -0.2) is 49.2 Å². The minimum atomic E-state index is 0.750. The van der Waals surface area contributed by atoms with E-state index in [2.05, 4.69) is 68.8 Å². The number of hydrogen-bond donors (Lipinski definition) is 0. The van der Waals surface area contributed by atoms with Crippen molar-refractivity contribution in [3.8, 4) is 0 Å². The summed E-state index contributed by atoms with van der Waals surface area (Å²) in [7, 11) is 0. The van der Waals surface area contributed by atoms with E-state index in [0.717, 1.165) is 56.8 Å². The van der Waals surface area contributed by atoms with E-state index >= 15 is 0 Å². The Balaban J connectivity index is 1.42. The maximum atomic E-state index is 4.56. The normalized spacial score (nSPS) is 21.2. The summed E-state index contributed by atoms with van der Waals surface area (Å²) in [5.74, 6) is 2.90. The van der Waals surface area contributed by atoms with Crippen LogP contribution in [0.3, 0.4) is 0 Å². The number of piperazine rings is 1. The SMILES string of the molecule is Cc1cccc(N2CCN(c3cc(N4CCCC(C)C4)ncn3)CC2)c1. The molecule has 1 atom stereocenters. The zero-order chi connectivity index (χ0) is 17.9. The standard InChI is InChI=1S/C21H29N5/c1-17-5-3-7-19(13-17)24-9-11-25(12-10-24)20-14-21(23-16-22-20)26-8-4-6-18(2)15-26/h3,5,7,13-14,16,18H,4,6,8-12,15H2,1-2H3. The number of aromatic nitrogens is 2. The molecular formula is C21H29N5. The van der Waals surface area contributed by atoms with Gasteiger partial charge in [-0.3, -0.25) is 0 Å². The van der Waals surface area contributed by atoms with Gasteiger partial charge in [0.25, 0.3) is 0 Å². The van der Waals surface area contributed by atoms with Crippen molar-refractivity contribution in [3.05, 3.63) is 42.2 Å². The lowest BCUT2D eigenvalue weighted by atomic mass is 10.0. The Hall–Kier alpha value is -2.30. The number of rotatable bonds is 3. The molecule has 3 heterocycles. The molecule has 0 spiro atoms. The number of hydrogen-bond acceptors (Lipinski definition) is 5. The van der Waals surface area contributed by atoms with Crippen LogP contribution in [0.1, 0.15) is 25.3 Å². The molecule has 26 heavy (non-hydrogen) atoms. The van der Waals surface area contributed by atoms with Gasteiger partial charge >= 0.3 is 0 Å². The average Bonchev–Trinajstić information content (AvgIpc) is 2.68. The zero-order valence-corrected chi connectivity index (χ0v) is 15.9. The molecule has 0 amide bonds. The van der Waals surface area contributed by atoms with Gasteiger partial charge in [0, 0.05) is 51.0 Å². The zero-order valence-electron chi connectivity index (χ0n) is 15.9. The second kappa shape index (κ2) is 7.52. The van der Waals surface area contributed by atoms with Gasteiger partial charge in [0.05, 0.1) is 0 Å². The van der Waals surface area contributed by atoms with Crippen molar-refractivity contribution in [2.24, 2.45) is 5.92 Å². The van der Waals surface area contributed by atoms with E-state index in [1.54, 1.807) is 6.33 Å². The molecule has 2 fully saturated rings. The molecule has 0 radical (unpaired) electrons. The fourth-order valence-corrected chi connectivity index (χ4v) is 4.10. The van der Waals surface area contributed by atoms with Crippen LogP contribution in [0.5, 0.6) is 0 Å². The first kappa shape index (κ1) is 17.1. The van der Waals surface area contributed by atoms with Crippen LogP contribution in [0.15, 0.2) is 36.7 Å². The van der Waals surface area contributed by atoms with Crippen LogP contribution in [0.4, 0.5) is 17.3 Å². The van der Waals surface area contributed by atoms with Crippen LogP contribution in [0.25, 0.3) is 0 Å². The predicted octanol–water partition coefficient (Wildman–Crippen LogP) is 3.35. The Morgan fingerprint density at radius 2 is 1.62 bits per heavy atom. The smallest absolute Gasteiger partial charge is 0.134 e. The van der Waals surface area contributed by atoms with Crippen molar-refractivity contribution >= 4 is 17.3 Å². The summed E-state index contributed by atoms with van der Waals surface area (Å²) < 4.78 is 0. The molecule has 2 aromatic rings. The van der Waals surface area contributed by atoms with Gasteiger partial charge in [0.1, 0.15) is 18.0 Å². The summed E-state index contributed by atoms with van der Waals surface area (Å²) in [5.41, 5.74) is 2.65. The lowest BCUT2D eigenvalue weighted by molar-refractivity contribution is 0.444. The summed E-state index contributed by atoms with van der Waals surface area (Å²) in [6.07, 6.45) is 4.32. The van der Waals surface area contributed by atoms with Gasteiger partial charge in [-0.05, 0) is 43.4 Å². The highest BCUT2D eigenvalue weighted by Gasteiger charge is 2.21. The summed E-state index contributed by atoms with van der Waals surface area (Å²) >= 11 is 0. The van der Waals surface area contributed by atoms with Crippen molar-refractivity contribution in [1.82, 2.24) is 9.97 Å². The lowest BCUT2D eigenvalue weighted by Crippen LogP contribution is -2.47. The highest BCUT2D eigenvalue weighted by atomic mass is 15.3. The molecular weight excluding hydrogens is 322 g/mol. The van der Waals surface area contributed by atoms with Gasteiger partial charge in [0.2, 0.25) is 0 Å². The van der Waals surface area contributed by atoms with Crippen molar-refractivity contribution in [3.63, 3.8) is 0 Å². The minimum Gasteiger partial charge on any atom is -0.368 e. The first-order valence-electron chi connectivity index (χ1n) is 9.82. The summed E-state index contributed by atoms with van der Waals surface area (Å²) in [5, 5.41) is 0. The third-order valence-corrected chi connectivity index (χ3v) is 5.59. The van der Waals surface area contributed by atoms with Gasteiger partial charge in [0.15, 0.2) is 0 Å². The maximum absolute atomic E-state index is 4.56. The molecule has 0 saturated carbocycles. The third-order valence-electron chi connectivity index (χ3n) is 5.59. The number of anilines is 3. The van der Waals surface area contributed by atoms with Crippen molar-refractivity contribution in [2.75, 3.05) is 54.0 Å². The number of nitrogens with zero attached hydrogens (tertiary/aromatic N) is 5. The van der Waals surface area contributed by atoms with Crippen LogP contribution < -0.4 is 14.7 Å². The fraction of sp³-hybridized carbons (Fsp3) is 0.524. The Bertz CT molecular complexity index is 739. The Morgan fingerprint density at radius 1 is 0.885 bits per heavy atom. The molecule has 2 saturated heterocycles. The summed E-state index contributed by atoms with van der Waals surface area (Å²) in [6, 6.07) is 11.0. The molecule has 0 bridgehead atoms. The minimum absolute atomic E-state index is 0.750. The number of benzene rings is 1. The average molecular weight is 351 g/mol. The Kier molecular flexibility index (Phi) is 4.96. The monoisotopic (exact) mass is 351 g/mol. The van der Waals surface area contributed by atoms with Gasteiger partial charge < -0.3 is 14.7 Å². The van der Waals surface area contributed by atoms with E-state index in [4.69, 9.17) is 0 Å². The van der Waals surface area contributed by atoms with E-state index in [9.17, 15) is 0 Å². The first-order valence-corrected chi connectivity index (χ1v) is 9.82. The van der Waals surface area contributed by atoms with Crippen LogP contribution in [-0.2, 0) is 0 Å². The van der Waals surface area contributed by atoms with Gasteiger partial charge in [-0.2, -0.15) is 0 Å². The molecule has 1 aromatic heterocycles. The molecule has 5 heteroatoms. The van der Waals surface area contributed by atoms with Gasteiger partial charge in [-0.15, -0.1) is 0 Å². The van der Waals surface area contributed by atoms with Crippen molar-refractivity contribution < 1.29 is 0 Å². The van der Waals surface area contributed by atoms with Crippen LogP contribution in [0, 0.1) is 12.8 Å². The summed E-state index contributed by atoms with van der Waals surface area (Å²) in [4.78, 5) is 16.4. The molecule has 5 nitrogen and oxygen atoms in total. The van der Waals surface area contributed by atoms with Crippen molar-refractivity contribution in [2.45, 2.75) is 26.7 Å². The van der Waals surface area contributed by atoms with Gasteiger partial charge in [-0.1, -0.05) is 19.1 Å². The molecule has 2 aliphatic rings. The summed E-state index contributed by atoms with van der Waals surface area (Å²) in [6.45, 7) is 10.8. The van der Waals surface area contributed by atoms with Crippen LogP contribution >= 0.6 is 0 Å². The van der Waals surface area contributed by atoms with Gasteiger partial charge in [-0.25, -0.2) is 9.97 Å². The second-order valence-electron chi connectivity index (χ2n) is 7.74. The van der Waals surface area contributed by atoms with Crippen LogP contribution in [0.2, 0.25) is 0 Å². The molecule has 0 aliphatic carbocycles. The van der Waals surface area contributed by atoms with E-state index in [-0.39, 0.29) is 0 Å². The van der Waals surface area contributed by atoms with E-state index in [1.165, 1.54) is 24.1 Å². The predicted molar refractivity (Wildman–Crippen MR) is 108 cm³/mol. The Morgan fingerprint density at radius 3 is 2.35 bits per heavy atom. The lowest BCUT2D eigenvalue weighted by Gasteiger charge is -2.37. The first-order chi connectivity index (χ1) is 12.7. The molecule has 4 rings (SSSR count). The van der Waals surface area contributed by atoms with E-state index in [1.807, 2.05) is 0 Å². The quantitative estimate of drug-likeness (QED) is 0.847. The molecule has 0 N–H and O–H groups in total. The van der Waals surface area contributed by atoms with Crippen molar-refractivity contribution in [1.29, 1.82) is 0 Å². The van der Waals surface area contributed by atoms with E-state index < -0.39 is 0 Å². The van der Waals surface area contributed by atoms with E-state index in [0.29, 0.717) is 0 Å². The molecule has 1 unspecified atom stereocenters. The highest BCUT2D eigenvalue weighted by Crippen LogP contribution is 2.25. The molecule has 2 aliphatic heterocycles. The fourth-order valence-electron chi connectivity index (χ4n) is 4.10. The number of aryl methyl sites for hydroxylation is 1. The number of piperidine rings is 1. The topological polar surface area (TPSA) is 35.5 Å². The molecule has 138 valence electrons. The second-order valence-corrected chi connectivity index (χ2v) is 7.74. The molecule has 1 aromatic carbocycles. The highest BCUT2D eigenvalue weighted by molar-refractivity contribution is 5.53. The largest absolute Gasteiger partial charge is 0.368 e. The maximum Gasteiger partial charge on any atom is 0.134 e.